The minimum Gasteiger partial charge on any atom is -0.494 e. The van der Waals surface area contributed by atoms with Gasteiger partial charge in [-0.3, -0.25) is 4.68 Å². The van der Waals surface area contributed by atoms with Crippen LogP contribution in [0.15, 0.2) is 47.7 Å². The molecule has 0 saturated heterocycles. The van der Waals surface area contributed by atoms with Crippen molar-refractivity contribution in [1.29, 1.82) is 0 Å². The highest BCUT2D eigenvalue weighted by atomic mass is 127. The normalized spacial score (nSPS) is 12.2. The topological polar surface area (TPSA) is 63.5 Å². The minimum atomic E-state index is 0. The molecule has 0 aliphatic heterocycles. The Kier molecular flexibility index (Phi) is 10.8. The fourth-order valence-corrected chi connectivity index (χ4v) is 2.50. The molecule has 1 unspecified atom stereocenters. The van der Waals surface area contributed by atoms with Gasteiger partial charge in [0.2, 0.25) is 0 Å². The first kappa shape index (κ1) is 22.3. The Morgan fingerprint density at radius 2 is 2.04 bits per heavy atom. The van der Waals surface area contributed by atoms with E-state index in [1.54, 1.807) is 0 Å². The molecule has 144 valence electrons. The third kappa shape index (κ3) is 7.63. The summed E-state index contributed by atoms with van der Waals surface area (Å²) >= 11 is 0. The molecule has 0 spiro atoms. The third-order valence-corrected chi connectivity index (χ3v) is 3.70. The fraction of sp³-hybridized carbons (Fsp3) is 0.474. The lowest BCUT2D eigenvalue weighted by molar-refractivity contribution is 0.336. The van der Waals surface area contributed by atoms with E-state index in [4.69, 9.17) is 4.74 Å². The number of aromatic nitrogens is 2. The van der Waals surface area contributed by atoms with Crippen molar-refractivity contribution >= 4 is 29.9 Å². The Balaban J connectivity index is 0.00000338. The van der Waals surface area contributed by atoms with Crippen molar-refractivity contribution in [3.8, 4) is 5.75 Å². The van der Waals surface area contributed by atoms with Gasteiger partial charge in [0.05, 0.1) is 13.2 Å². The van der Waals surface area contributed by atoms with Crippen LogP contribution in [0, 0.1) is 5.92 Å². The zero-order valence-electron chi connectivity index (χ0n) is 15.8. The first-order valence-corrected chi connectivity index (χ1v) is 8.93. The molecule has 1 aromatic heterocycles. The van der Waals surface area contributed by atoms with Gasteiger partial charge in [-0.25, -0.2) is 4.99 Å². The molecule has 6 nitrogen and oxygen atoms in total. The molecule has 0 aliphatic rings. The number of guanidine groups is 1. The van der Waals surface area contributed by atoms with Gasteiger partial charge in [-0.15, -0.1) is 24.0 Å². The molecule has 0 saturated carbocycles. The molecule has 1 heterocycles. The standard InChI is InChI=1S/C19H29N5O.HI/c1-4-20-19(21-13-16(3)15-24-12-8-11-23-24)22-14-17-9-6-7-10-18(17)25-5-2;/h6-12,16H,4-5,13-15H2,1-3H3,(H2,20,21,22);1H. The molecule has 0 fully saturated rings. The zero-order chi connectivity index (χ0) is 17.9. The summed E-state index contributed by atoms with van der Waals surface area (Å²) in [5, 5.41) is 11.0. The van der Waals surface area contributed by atoms with Crippen molar-refractivity contribution in [1.82, 2.24) is 20.4 Å². The quantitative estimate of drug-likeness (QED) is 0.335. The van der Waals surface area contributed by atoms with Crippen molar-refractivity contribution < 1.29 is 4.74 Å². The van der Waals surface area contributed by atoms with E-state index in [9.17, 15) is 0 Å². The third-order valence-electron chi connectivity index (χ3n) is 3.70. The zero-order valence-corrected chi connectivity index (χ0v) is 18.1. The molecule has 7 heteroatoms. The number of para-hydroxylation sites is 1. The molecule has 2 aromatic rings. The second kappa shape index (κ2) is 12.6. The summed E-state index contributed by atoms with van der Waals surface area (Å²) in [5.74, 6) is 2.16. The lowest BCUT2D eigenvalue weighted by atomic mass is 10.2. The van der Waals surface area contributed by atoms with Crippen molar-refractivity contribution in [2.45, 2.75) is 33.9 Å². The predicted octanol–water partition coefficient (Wildman–Crippen LogP) is 3.29. The van der Waals surface area contributed by atoms with Crippen molar-refractivity contribution in [3.63, 3.8) is 0 Å². The number of hydrogen-bond donors (Lipinski definition) is 2. The van der Waals surface area contributed by atoms with Gasteiger partial charge in [0.15, 0.2) is 5.96 Å². The maximum absolute atomic E-state index is 5.67. The van der Waals surface area contributed by atoms with Crippen LogP contribution in [-0.4, -0.2) is 35.4 Å². The highest BCUT2D eigenvalue weighted by Crippen LogP contribution is 2.18. The minimum absolute atomic E-state index is 0. The number of rotatable bonds is 9. The van der Waals surface area contributed by atoms with Gasteiger partial charge in [0.25, 0.3) is 0 Å². The molecular formula is C19H30IN5O. The van der Waals surface area contributed by atoms with Crippen LogP contribution in [0.1, 0.15) is 26.3 Å². The summed E-state index contributed by atoms with van der Waals surface area (Å²) < 4.78 is 7.62. The van der Waals surface area contributed by atoms with Gasteiger partial charge in [-0.2, -0.15) is 5.10 Å². The number of nitrogens with one attached hydrogen (secondary N) is 2. The van der Waals surface area contributed by atoms with Crippen LogP contribution in [0.2, 0.25) is 0 Å². The SMILES string of the molecule is CCNC(=NCc1ccccc1OCC)NCC(C)Cn1cccn1.I. The van der Waals surface area contributed by atoms with Gasteiger partial charge in [0.1, 0.15) is 5.75 Å². The summed E-state index contributed by atoms with van der Waals surface area (Å²) in [6.07, 6.45) is 3.79. The number of nitrogens with zero attached hydrogens (tertiary/aromatic N) is 3. The van der Waals surface area contributed by atoms with Crippen LogP contribution in [0.5, 0.6) is 5.75 Å². The van der Waals surface area contributed by atoms with E-state index in [2.05, 4.69) is 40.6 Å². The van der Waals surface area contributed by atoms with Gasteiger partial charge >= 0.3 is 0 Å². The van der Waals surface area contributed by atoms with Crippen LogP contribution < -0.4 is 15.4 Å². The second-order valence-electron chi connectivity index (χ2n) is 5.95. The van der Waals surface area contributed by atoms with E-state index in [-0.39, 0.29) is 24.0 Å². The molecule has 2 rings (SSSR count). The summed E-state index contributed by atoms with van der Waals surface area (Å²) in [6.45, 7) is 10.0. The monoisotopic (exact) mass is 471 g/mol. The molecular weight excluding hydrogens is 441 g/mol. The van der Waals surface area contributed by atoms with E-state index in [1.165, 1.54) is 0 Å². The van der Waals surface area contributed by atoms with Crippen LogP contribution in [0.3, 0.4) is 0 Å². The fourth-order valence-electron chi connectivity index (χ4n) is 2.50. The lowest BCUT2D eigenvalue weighted by Crippen LogP contribution is -2.40. The number of aliphatic imine (C=N–C) groups is 1. The number of benzene rings is 1. The van der Waals surface area contributed by atoms with E-state index < -0.39 is 0 Å². The highest BCUT2D eigenvalue weighted by molar-refractivity contribution is 14.0. The van der Waals surface area contributed by atoms with Gasteiger partial charge in [0, 0.05) is 37.6 Å². The van der Waals surface area contributed by atoms with Crippen LogP contribution in [0.4, 0.5) is 0 Å². The van der Waals surface area contributed by atoms with Crippen LogP contribution in [0.25, 0.3) is 0 Å². The Labute approximate surface area is 173 Å². The smallest absolute Gasteiger partial charge is 0.191 e. The second-order valence-corrected chi connectivity index (χ2v) is 5.95. The molecule has 1 atom stereocenters. The van der Waals surface area contributed by atoms with Crippen molar-refractivity contribution in [2.75, 3.05) is 19.7 Å². The Hall–Kier alpha value is -1.77. The Morgan fingerprint density at radius 1 is 1.23 bits per heavy atom. The Bertz CT molecular complexity index is 645. The summed E-state index contributed by atoms with van der Waals surface area (Å²) in [5.41, 5.74) is 1.09. The van der Waals surface area contributed by atoms with E-state index in [1.807, 2.05) is 48.3 Å². The van der Waals surface area contributed by atoms with Gasteiger partial charge < -0.3 is 15.4 Å². The predicted molar refractivity (Wildman–Crippen MR) is 117 cm³/mol. The number of halogens is 1. The lowest BCUT2D eigenvalue weighted by Gasteiger charge is -2.16. The summed E-state index contributed by atoms with van der Waals surface area (Å²) in [6, 6.07) is 9.99. The van der Waals surface area contributed by atoms with E-state index in [0.29, 0.717) is 19.1 Å². The molecule has 26 heavy (non-hydrogen) atoms. The maximum Gasteiger partial charge on any atom is 0.191 e. The molecule has 0 aliphatic carbocycles. The molecule has 0 radical (unpaired) electrons. The number of ether oxygens (including phenoxy) is 1. The molecule has 2 N–H and O–H groups in total. The first-order chi connectivity index (χ1) is 12.2. The van der Waals surface area contributed by atoms with Crippen LogP contribution in [-0.2, 0) is 13.1 Å². The summed E-state index contributed by atoms with van der Waals surface area (Å²) in [4.78, 5) is 4.69. The van der Waals surface area contributed by atoms with Gasteiger partial charge in [-0.05, 0) is 31.9 Å². The average molecular weight is 471 g/mol. The summed E-state index contributed by atoms with van der Waals surface area (Å²) in [7, 11) is 0. The Morgan fingerprint density at radius 3 is 2.73 bits per heavy atom. The molecule has 0 bridgehead atoms. The first-order valence-electron chi connectivity index (χ1n) is 8.93. The maximum atomic E-state index is 5.67. The highest BCUT2D eigenvalue weighted by Gasteiger charge is 2.06. The number of hydrogen-bond acceptors (Lipinski definition) is 3. The van der Waals surface area contributed by atoms with Crippen molar-refractivity contribution in [3.05, 3.63) is 48.3 Å². The van der Waals surface area contributed by atoms with Gasteiger partial charge in [-0.1, -0.05) is 25.1 Å². The largest absolute Gasteiger partial charge is 0.494 e. The van der Waals surface area contributed by atoms with E-state index in [0.717, 1.165) is 36.9 Å². The molecule has 1 aromatic carbocycles. The van der Waals surface area contributed by atoms with E-state index >= 15 is 0 Å². The van der Waals surface area contributed by atoms with Crippen molar-refractivity contribution in [2.24, 2.45) is 10.9 Å². The van der Waals surface area contributed by atoms with Crippen LogP contribution >= 0.6 is 24.0 Å². The molecule has 0 amide bonds. The average Bonchev–Trinajstić information content (AvgIpc) is 3.11.